The number of unbranched alkanes of at least 4 members (excludes halogenated alkanes) is 2. The molecule has 1 aliphatic rings. The molecule has 3 N–H and O–H groups in total. The molecule has 3 amide bonds. The molecule has 0 saturated carbocycles. The van der Waals surface area contributed by atoms with Crippen molar-refractivity contribution in [2.75, 3.05) is 30.3 Å². The van der Waals surface area contributed by atoms with E-state index in [9.17, 15) is 9.59 Å². The number of ether oxygens (including phenoxy) is 2. The molecule has 0 radical (unpaired) electrons. The highest BCUT2D eigenvalue weighted by atomic mass is 16.5. The van der Waals surface area contributed by atoms with Gasteiger partial charge in [-0.3, -0.25) is 4.79 Å². The standard InChI is InChI=1S/C33H42N4O4/c1-4-5-6-21-34-33(39)36-27-11-17-30(18-12-27)40-29-15-9-26(10-16-29)35-32(38)25-7-13-28(14-8-25)41-31-19-22-37(23-20-31)24(2)3/h7-18,24,31H,4-6,19-23H2,1-3H3,(H,35,38)(H2,34,36,39). The summed E-state index contributed by atoms with van der Waals surface area (Å²) in [6.45, 7) is 9.35. The lowest BCUT2D eigenvalue weighted by atomic mass is 10.1. The Morgan fingerprint density at radius 1 is 0.805 bits per heavy atom. The molecule has 3 aromatic carbocycles. The van der Waals surface area contributed by atoms with Gasteiger partial charge in [-0.25, -0.2) is 4.79 Å². The van der Waals surface area contributed by atoms with E-state index in [1.165, 1.54) is 0 Å². The van der Waals surface area contributed by atoms with Gasteiger partial charge in [0.2, 0.25) is 0 Å². The highest BCUT2D eigenvalue weighted by Gasteiger charge is 2.22. The molecule has 8 nitrogen and oxygen atoms in total. The summed E-state index contributed by atoms with van der Waals surface area (Å²) in [4.78, 5) is 27.2. The second-order valence-corrected chi connectivity index (χ2v) is 10.7. The molecule has 1 fully saturated rings. The molecule has 0 atom stereocenters. The van der Waals surface area contributed by atoms with Gasteiger partial charge in [0.15, 0.2) is 0 Å². The molecular weight excluding hydrogens is 516 g/mol. The lowest BCUT2D eigenvalue weighted by Gasteiger charge is -2.34. The molecule has 0 aliphatic carbocycles. The minimum atomic E-state index is -0.213. The molecule has 0 aromatic heterocycles. The summed E-state index contributed by atoms with van der Waals surface area (Å²) in [5.41, 5.74) is 1.93. The van der Waals surface area contributed by atoms with Crippen molar-refractivity contribution in [3.8, 4) is 17.2 Å². The molecular formula is C33H42N4O4. The van der Waals surface area contributed by atoms with Crippen molar-refractivity contribution >= 4 is 23.3 Å². The number of hydrogen-bond donors (Lipinski definition) is 3. The third-order valence-electron chi connectivity index (χ3n) is 7.15. The van der Waals surface area contributed by atoms with Crippen LogP contribution in [0.1, 0.15) is 63.2 Å². The number of anilines is 2. The van der Waals surface area contributed by atoms with Crippen LogP contribution in [0.25, 0.3) is 0 Å². The van der Waals surface area contributed by atoms with Gasteiger partial charge in [0.25, 0.3) is 5.91 Å². The lowest BCUT2D eigenvalue weighted by Crippen LogP contribution is -2.41. The maximum absolute atomic E-state index is 12.8. The molecule has 3 aromatic rings. The van der Waals surface area contributed by atoms with E-state index >= 15 is 0 Å². The van der Waals surface area contributed by atoms with Gasteiger partial charge in [-0.2, -0.15) is 0 Å². The van der Waals surface area contributed by atoms with Crippen molar-refractivity contribution in [2.24, 2.45) is 0 Å². The molecule has 4 rings (SSSR count). The summed E-state index contributed by atoms with van der Waals surface area (Å²) >= 11 is 0. The Balaban J connectivity index is 1.21. The van der Waals surface area contributed by atoms with Crippen molar-refractivity contribution in [3.05, 3.63) is 78.4 Å². The number of piperidine rings is 1. The Bertz CT molecular complexity index is 1240. The van der Waals surface area contributed by atoms with Crippen LogP contribution in [0.15, 0.2) is 72.8 Å². The van der Waals surface area contributed by atoms with Crippen molar-refractivity contribution in [2.45, 2.75) is 65.0 Å². The topological polar surface area (TPSA) is 91.9 Å². The van der Waals surface area contributed by atoms with Crippen molar-refractivity contribution < 1.29 is 19.1 Å². The molecule has 0 unspecified atom stereocenters. The van der Waals surface area contributed by atoms with Crippen molar-refractivity contribution in [1.29, 1.82) is 0 Å². The largest absolute Gasteiger partial charge is 0.490 e. The monoisotopic (exact) mass is 558 g/mol. The predicted molar refractivity (Wildman–Crippen MR) is 164 cm³/mol. The Morgan fingerprint density at radius 3 is 1.93 bits per heavy atom. The summed E-state index contributed by atoms with van der Waals surface area (Å²) in [7, 11) is 0. The second-order valence-electron chi connectivity index (χ2n) is 10.7. The van der Waals surface area contributed by atoms with Gasteiger partial charge in [0.1, 0.15) is 23.4 Å². The number of carbonyl (C=O) groups is 2. The number of amides is 3. The summed E-state index contributed by atoms with van der Waals surface area (Å²) in [6.07, 6.45) is 5.43. The number of nitrogens with zero attached hydrogens (tertiary/aromatic N) is 1. The summed E-state index contributed by atoms with van der Waals surface area (Å²) < 4.78 is 12.1. The van der Waals surface area contributed by atoms with Crippen LogP contribution in [0.4, 0.5) is 16.2 Å². The third-order valence-corrected chi connectivity index (χ3v) is 7.15. The zero-order chi connectivity index (χ0) is 29.0. The van der Waals surface area contributed by atoms with Crippen LogP contribution in [-0.2, 0) is 0 Å². The minimum absolute atomic E-state index is 0.187. The van der Waals surface area contributed by atoms with Crippen molar-refractivity contribution in [1.82, 2.24) is 10.2 Å². The van der Waals surface area contributed by atoms with E-state index in [1.54, 1.807) is 60.7 Å². The van der Waals surface area contributed by atoms with Gasteiger partial charge in [-0.15, -0.1) is 0 Å². The van der Waals surface area contributed by atoms with E-state index < -0.39 is 0 Å². The summed E-state index contributed by atoms with van der Waals surface area (Å²) in [5, 5.41) is 8.60. The SMILES string of the molecule is CCCCCNC(=O)Nc1ccc(Oc2ccc(NC(=O)c3ccc(OC4CCN(C(C)C)CC4)cc3)cc2)cc1. The molecule has 8 heteroatoms. The first-order valence-corrected chi connectivity index (χ1v) is 14.6. The number of benzene rings is 3. The van der Waals surface area contributed by atoms with Crippen molar-refractivity contribution in [3.63, 3.8) is 0 Å². The fourth-order valence-corrected chi connectivity index (χ4v) is 4.69. The first-order chi connectivity index (χ1) is 19.9. The fraction of sp³-hybridized carbons (Fsp3) is 0.394. The lowest BCUT2D eigenvalue weighted by molar-refractivity contribution is 0.0843. The molecule has 1 heterocycles. The van der Waals surface area contributed by atoms with E-state index in [-0.39, 0.29) is 18.0 Å². The zero-order valence-corrected chi connectivity index (χ0v) is 24.3. The Labute approximate surface area is 243 Å². The van der Waals surface area contributed by atoms with Gasteiger partial charge >= 0.3 is 6.03 Å². The smallest absolute Gasteiger partial charge is 0.319 e. The minimum Gasteiger partial charge on any atom is -0.490 e. The number of nitrogens with one attached hydrogen (secondary N) is 3. The Morgan fingerprint density at radius 2 is 1.37 bits per heavy atom. The average Bonchev–Trinajstić information content (AvgIpc) is 2.98. The molecule has 1 aliphatic heterocycles. The maximum Gasteiger partial charge on any atom is 0.319 e. The number of carbonyl (C=O) groups excluding carboxylic acids is 2. The fourth-order valence-electron chi connectivity index (χ4n) is 4.69. The van der Waals surface area contributed by atoms with Crippen LogP contribution < -0.4 is 25.4 Å². The zero-order valence-electron chi connectivity index (χ0n) is 24.3. The Hall–Kier alpha value is -4.04. The van der Waals surface area contributed by atoms with Crippen LogP contribution in [-0.4, -0.2) is 48.6 Å². The predicted octanol–water partition coefficient (Wildman–Crippen LogP) is 7.29. The van der Waals surface area contributed by atoms with Crippen LogP contribution in [0.2, 0.25) is 0 Å². The van der Waals surface area contributed by atoms with E-state index in [0.717, 1.165) is 50.9 Å². The van der Waals surface area contributed by atoms with E-state index in [2.05, 4.69) is 41.6 Å². The molecule has 1 saturated heterocycles. The van der Waals surface area contributed by atoms with E-state index in [1.807, 2.05) is 12.1 Å². The van der Waals surface area contributed by atoms with E-state index in [0.29, 0.717) is 41.0 Å². The maximum atomic E-state index is 12.8. The molecule has 0 spiro atoms. The average molecular weight is 559 g/mol. The number of urea groups is 1. The number of likely N-dealkylation sites (tertiary alicyclic amines) is 1. The van der Waals surface area contributed by atoms with Crippen LogP contribution in [0.3, 0.4) is 0 Å². The highest BCUT2D eigenvalue weighted by molar-refractivity contribution is 6.04. The van der Waals surface area contributed by atoms with E-state index in [4.69, 9.17) is 9.47 Å². The quantitative estimate of drug-likeness (QED) is 0.203. The first-order valence-electron chi connectivity index (χ1n) is 14.6. The second kappa shape index (κ2) is 15.1. The normalized spacial score (nSPS) is 14.0. The summed E-state index contributed by atoms with van der Waals surface area (Å²) in [6, 6.07) is 22.0. The van der Waals surface area contributed by atoms with Gasteiger partial charge in [-0.05, 0) is 106 Å². The van der Waals surface area contributed by atoms with Gasteiger partial charge in [0.05, 0.1) is 0 Å². The number of hydrogen-bond acceptors (Lipinski definition) is 5. The molecule has 0 bridgehead atoms. The van der Waals surface area contributed by atoms with Gasteiger partial charge in [0, 0.05) is 42.6 Å². The highest BCUT2D eigenvalue weighted by Crippen LogP contribution is 2.25. The molecule has 218 valence electrons. The number of rotatable bonds is 12. The summed E-state index contributed by atoms with van der Waals surface area (Å²) in [5.74, 6) is 1.88. The van der Waals surface area contributed by atoms with Crippen LogP contribution in [0.5, 0.6) is 17.2 Å². The first kappa shape index (κ1) is 29.9. The van der Waals surface area contributed by atoms with Gasteiger partial charge in [-0.1, -0.05) is 19.8 Å². The van der Waals surface area contributed by atoms with Crippen LogP contribution >= 0.6 is 0 Å². The van der Waals surface area contributed by atoms with Gasteiger partial charge < -0.3 is 30.3 Å². The Kier molecular flexibility index (Phi) is 11.0. The van der Waals surface area contributed by atoms with Crippen LogP contribution in [0, 0.1) is 0 Å². The molecule has 41 heavy (non-hydrogen) atoms. The third kappa shape index (κ3) is 9.53.